The normalized spacial score (nSPS) is 14.1. The number of aryl methyl sites for hydroxylation is 1. The Kier molecular flexibility index (Phi) is 4.93. The van der Waals surface area contributed by atoms with Crippen molar-refractivity contribution in [2.75, 3.05) is 0 Å². The lowest BCUT2D eigenvalue weighted by Gasteiger charge is -2.12. The number of fused-ring (bicyclic) bond motifs is 1. The molecule has 0 saturated carbocycles. The average molecular weight is 391 g/mol. The maximum absolute atomic E-state index is 12.7. The van der Waals surface area contributed by atoms with Crippen molar-refractivity contribution in [2.45, 2.75) is 20.5 Å². The summed E-state index contributed by atoms with van der Waals surface area (Å²) in [6.07, 6.45) is 1.68. The van der Waals surface area contributed by atoms with E-state index in [-0.39, 0.29) is 11.5 Å². The zero-order valence-corrected chi connectivity index (χ0v) is 16.4. The van der Waals surface area contributed by atoms with Crippen LogP contribution in [0.25, 0.3) is 6.08 Å². The molecule has 0 N–H and O–H groups in total. The van der Waals surface area contributed by atoms with Gasteiger partial charge in [-0.25, -0.2) is 0 Å². The molecular formula is C24H19ClO3. The number of carbonyl (C=O) groups excluding carboxylic acids is 1. The predicted octanol–water partition coefficient (Wildman–Crippen LogP) is 6.15. The van der Waals surface area contributed by atoms with Gasteiger partial charge in [-0.05, 0) is 54.8 Å². The SMILES string of the molecule is Cc1ccccc1COc1ccc2c(c1C)O/C(=C\c1ccccc1Cl)C2=O. The molecule has 0 bridgehead atoms. The first-order valence-electron chi connectivity index (χ1n) is 9.04. The van der Waals surface area contributed by atoms with Gasteiger partial charge >= 0.3 is 0 Å². The first-order chi connectivity index (χ1) is 13.5. The van der Waals surface area contributed by atoms with Crippen molar-refractivity contribution in [2.24, 2.45) is 0 Å². The highest BCUT2D eigenvalue weighted by molar-refractivity contribution is 6.32. The number of allylic oxidation sites excluding steroid dienone is 1. The Hall–Kier alpha value is -3.04. The lowest BCUT2D eigenvalue weighted by molar-refractivity contribution is 0.101. The van der Waals surface area contributed by atoms with Crippen molar-refractivity contribution in [3.8, 4) is 11.5 Å². The molecule has 4 heteroatoms. The second-order valence-corrected chi connectivity index (χ2v) is 7.15. The summed E-state index contributed by atoms with van der Waals surface area (Å²) < 4.78 is 11.9. The minimum Gasteiger partial charge on any atom is -0.488 e. The van der Waals surface area contributed by atoms with Crippen LogP contribution in [0.5, 0.6) is 11.5 Å². The number of rotatable bonds is 4. The van der Waals surface area contributed by atoms with Gasteiger partial charge < -0.3 is 9.47 Å². The van der Waals surface area contributed by atoms with Crippen LogP contribution in [0.2, 0.25) is 5.02 Å². The van der Waals surface area contributed by atoms with E-state index in [0.29, 0.717) is 28.7 Å². The summed E-state index contributed by atoms with van der Waals surface area (Å²) in [6, 6.07) is 19.0. The largest absolute Gasteiger partial charge is 0.488 e. The molecule has 0 aromatic heterocycles. The van der Waals surface area contributed by atoms with Crippen molar-refractivity contribution >= 4 is 23.5 Å². The maximum Gasteiger partial charge on any atom is 0.231 e. The van der Waals surface area contributed by atoms with Gasteiger partial charge in [-0.2, -0.15) is 0 Å². The third-order valence-corrected chi connectivity index (χ3v) is 5.22. The summed E-state index contributed by atoms with van der Waals surface area (Å²) in [7, 11) is 0. The molecule has 0 unspecified atom stereocenters. The molecule has 3 aromatic carbocycles. The highest BCUT2D eigenvalue weighted by atomic mass is 35.5. The van der Waals surface area contributed by atoms with Crippen LogP contribution in [-0.4, -0.2) is 5.78 Å². The van der Waals surface area contributed by atoms with Gasteiger partial charge in [-0.15, -0.1) is 0 Å². The molecule has 0 fully saturated rings. The van der Waals surface area contributed by atoms with Gasteiger partial charge in [0.2, 0.25) is 5.78 Å². The van der Waals surface area contributed by atoms with Crippen molar-refractivity contribution in [1.29, 1.82) is 0 Å². The van der Waals surface area contributed by atoms with Crippen LogP contribution in [0.1, 0.15) is 32.6 Å². The Balaban J connectivity index is 1.60. The highest BCUT2D eigenvalue weighted by Gasteiger charge is 2.30. The fraction of sp³-hybridized carbons (Fsp3) is 0.125. The molecule has 1 heterocycles. The lowest BCUT2D eigenvalue weighted by Crippen LogP contribution is -2.00. The maximum atomic E-state index is 12.7. The Labute approximate surface area is 169 Å². The van der Waals surface area contributed by atoms with Crippen LogP contribution < -0.4 is 9.47 Å². The molecule has 140 valence electrons. The Bertz CT molecular complexity index is 1100. The molecule has 0 aliphatic carbocycles. The van der Waals surface area contributed by atoms with E-state index in [4.69, 9.17) is 21.1 Å². The number of ether oxygens (including phenoxy) is 2. The van der Waals surface area contributed by atoms with Gasteiger partial charge in [-0.3, -0.25) is 4.79 Å². The summed E-state index contributed by atoms with van der Waals surface area (Å²) in [5, 5.41) is 0.571. The van der Waals surface area contributed by atoms with Crippen LogP contribution in [0.15, 0.2) is 66.4 Å². The molecule has 0 spiro atoms. The van der Waals surface area contributed by atoms with Gasteiger partial charge in [0.25, 0.3) is 0 Å². The number of benzene rings is 3. The molecule has 0 amide bonds. The zero-order valence-electron chi connectivity index (χ0n) is 15.7. The van der Waals surface area contributed by atoms with Crippen LogP contribution >= 0.6 is 11.6 Å². The van der Waals surface area contributed by atoms with Crippen molar-refractivity contribution in [3.63, 3.8) is 0 Å². The van der Waals surface area contributed by atoms with E-state index in [9.17, 15) is 4.79 Å². The number of hydrogen-bond donors (Lipinski definition) is 0. The van der Waals surface area contributed by atoms with Gasteiger partial charge in [0, 0.05) is 10.6 Å². The molecule has 0 radical (unpaired) electrons. The molecule has 3 aromatic rings. The lowest BCUT2D eigenvalue weighted by atomic mass is 10.1. The van der Waals surface area contributed by atoms with E-state index in [1.165, 1.54) is 5.56 Å². The van der Waals surface area contributed by atoms with Crippen molar-refractivity contribution in [1.82, 2.24) is 0 Å². The van der Waals surface area contributed by atoms with Gasteiger partial charge in [0.15, 0.2) is 5.76 Å². The third-order valence-electron chi connectivity index (χ3n) is 4.87. The number of ketones is 1. The number of Topliss-reactive ketones (excluding diaryl/α,β-unsaturated/α-hetero) is 1. The van der Waals surface area contributed by atoms with Crippen LogP contribution in [0.4, 0.5) is 0 Å². The average Bonchev–Trinajstić information content (AvgIpc) is 3.01. The van der Waals surface area contributed by atoms with Crippen LogP contribution in [0.3, 0.4) is 0 Å². The smallest absolute Gasteiger partial charge is 0.231 e. The third kappa shape index (κ3) is 3.41. The standard InChI is InChI=1S/C24H19ClO3/c1-15-7-3-4-9-18(15)14-27-21-12-11-19-23(26)22(28-24(19)16(21)2)13-17-8-5-6-10-20(17)25/h3-13H,14H2,1-2H3/b22-13-. The Morgan fingerprint density at radius 2 is 1.75 bits per heavy atom. The fourth-order valence-electron chi connectivity index (χ4n) is 3.19. The second kappa shape index (κ2) is 7.53. The fourth-order valence-corrected chi connectivity index (χ4v) is 3.38. The van der Waals surface area contributed by atoms with E-state index in [1.807, 2.05) is 49.4 Å². The van der Waals surface area contributed by atoms with E-state index in [0.717, 1.165) is 16.7 Å². The first kappa shape index (κ1) is 18.3. The van der Waals surface area contributed by atoms with E-state index >= 15 is 0 Å². The number of hydrogen-bond acceptors (Lipinski definition) is 3. The zero-order chi connectivity index (χ0) is 19.7. The number of carbonyl (C=O) groups is 1. The highest BCUT2D eigenvalue weighted by Crippen LogP contribution is 2.39. The Morgan fingerprint density at radius 3 is 2.54 bits per heavy atom. The summed E-state index contributed by atoms with van der Waals surface area (Å²) in [5.41, 5.74) is 4.39. The minimum absolute atomic E-state index is 0.150. The molecular weight excluding hydrogens is 372 g/mol. The quantitative estimate of drug-likeness (QED) is 0.501. The molecule has 1 aliphatic heterocycles. The summed E-state index contributed by atoms with van der Waals surface area (Å²) in [4.78, 5) is 12.7. The summed E-state index contributed by atoms with van der Waals surface area (Å²) in [5.74, 6) is 1.37. The van der Waals surface area contributed by atoms with Crippen LogP contribution in [-0.2, 0) is 6.61 Å². The Morgan fingerprint density at radius 1 is 1.00 bits per heavy atom. The van der Waals surface area contributed by atoms with Gasteiger partial charge in [-0.1, -0.05) is 54.1 Å². The first-order valence-corrected chi connectivity index (χ1v) is 9.42. The molecule has 4 rings (SSSR count). The second-order valence-electron chi connectivity index (χ2n) is 6.74. The molecule has 3 nitrogen and oxygen atoms in total. The molecule has 0 saturated heterocycles. The number of halogens is 1. The summed E-state index contributed by atoms with van der Waals surface area (Å²) >= 11 is 6.20. The van der Waals surface area contributed by atoms with E-state index < -0.39 is 0 Å². The predicted molar refractivity (Wildman–Crippen MR) is 111 cm³/mol. The van der Waals surface area contributed by atoms with Crippen LogP contribution in [0, 0.1) is 13.8 Å². The van der Waals surface area contributed by atoms with Gasteiger partial charge in [0.1, 0.15) is 18.1 Å². The molecule has 0 atom stereocenters. The minimum atomic E-state index is -0.150. The molecule has 28 heavy (non-hydrogen) atoms. The molecule has 1 aliphatic rings. The van der Waals surface area contributed by atoms with Crippen molar-refractivity contribution < 1.29 is 14.3 Å². The van der Waals surface area contributed by atoms with E-state index in [2.05, 4.69) is 13.0 Å². The van der Waals surface area contributed by atoms with Gasteiger partial charge in [0.05, 0.1) is 5.56 Å². The summed E-state index contributed by atoms with van der Waals surface area (Å²) in [6.45, 7) is 4.42. The van der Waals surface area contributed by atoms with Crippen molar-refractivity contribution in [3.05, 3.63) is 99.3 Å². The monoisotopic (exact) mass is 390 g/mol. The van der Waals surface area contributed by atoms with E-state index in [1.54, 1.807) is 18.2 Å². The topological polar surface area (TPSA) is 35.5 Å².